The van der Waals surface area contributed by atoms with Gasteiger partial charge in [0.1, 0.15) is 6.20 Å². The molecule has 100 valence electrons. The van der Waals surface area contributed by atoms with Gasteiger partial charge in [0.05, 0.1) is 19.3 Å². The fourth-order valence-corrected chi connectivity index (χ4v) is 1.78. The Morgan fingerprint density at radius 3 is 2.41 bits per heavy atom. The smallest absolute Gasteiger partial charge is 0.251 e. The highest BCUT2D eigenvalue weighted by molar-refractivity contribution is 5.53. The van der Waals surface area contributed by atoms with Crippen LogP contribution in [-0.4, -0.2) is 49.5 Å². The van der Waals surface area contributed by atoms with Crippen LogP contribution < -0.4 is 5.11 Å². The van der Waals surface area contributed by atoms with Gasteiger partial charge < -0.3 is 19.5 Å². The number of nitrogens with zero attached hydrogens (tertiary/aromatic N) is 2. The third kappa shape index (κ3) is 6.16. The normalized spacial score (nSPS) is 22.0. The van der Waals surface area contributed by atoms with Crippen molar-refractivity contribution in [3.8, 4) is 0 Å². The van der Waals surface area contributed by atoms with Crippen LogP contribution in [0.1, 0.15) is 26.7 Å². The van der Waals surface area contributed by atoms with Gasteiger partial charge in [-0.3, -0.25) is 4.48 Å². The lowest BCUT2D eigenvalue weighted by molar-refractivity contribution is -0.879. The van der Waals surface area contributed by atoms with Gasteiger partial charge in [-0.1, -0.05) is 13.3 Å². The molecule has 1 aliphatic heterocycles. The number of carboxylic acid groups (broad SMARTS) is 1. The monoisotopic (exact) mass is 244 g/mol. The van der Waals surface area contributed by atoms with Crippen molar-refractivity contribution in [1.82, 2.24) is 4.90 Å². The Bertz CT molecular complexity index is 256. The summed E-state index contributed by atoms with van der Waals surface area (Å²) in [7, 11) is 3.19. The number of rotatable bonds is 4. The molecule has 1 rings (SSSR count). The van der Waals surface area contributed by atoms with Gasteiger partial charge in [-0.25, -0.2) is 0 Å². The summed E-state index contributed by atoms with van der Waals surface area (Å²) >= 11 is 0. The van der Waals surface area contributed by atoms with Crippen LogP contribution in [0.5, 0.6) is 0 Å². The van der Waals surface area contributed by atoms with E-state index in [9.17, 15) is 0 Å². The van der Waals surface area contributed by atoms with Gasteiger partial charge in [0.2, 0.25) is 0 Å². The highest BCUT2D eigenvalue weighted by Crippen LogP contribution is 2.17. The molecule has 0 radical (unpaired) electrons. The van der Waals surface area contributed by atoms with E-state index in [0.717, 1.165) is 18.3 Å². The van der Waals surface area contributed by atoms with Gasteiger partial charge in [0.15, 0.2) is 6.67 Å². The van der Waals surface area contributed by atoms with Gasteiger partial charge >= 0.3 is 0 Å². The summed E-state index contributed by atoms with van der Waals surface area (Å²) in [5, 5.41) is 9.03. The van der Waals surface area contributed by atoms with E-state index in [0.29, 0.717) is 0 Å². The van der Waals surface area contributed by atoms with Gasteiger partial charge in [0, 0.05) is 14.2 Å². The summed E-state index contributed by atoms with van der Waals surface area (Å²) < 4.78 is 4.71. The van der Waals surface area contributed by atoms with Gasteiger partial charge in [-0.2, -0.15) is 0 Å². The van der Waals surface area contributed by atoms with Crippen molar-refractivity contribution in [2.45, 2.75) is 26.7 Å². The average molecular weight is 244 g/mol. The number of unbranched alkanes of at least 4 members (excludes halogenated alkanes) is 1. The SMILES string of the molecule is CCCC[N+]1(CC)C=CN(C)C1.COC(=O)[O-]. The zero-order valence-corrected chi connectivity index (χ0v) is 11.3. The fourth-order valence-electron chi connectivity index (χ4n) is 1.78. The third-order valence-electron chi connectivity index (χ3n) is 2.90. The quantitative estimate of drug-likeness (QED) is 0.546. The number of carbonyl (C=O) groups excluding carboxylic acids is 1. The molecule has 0 saturated carbocycles. The minimum atomic E-state index is -1.50. The number of hydrogen-bond acceptors (Lipinski definition) is 4. The van der Waals surface area contributed by atoms with Crippen LogP contribution in [0.15, 0.2) is 12.4 Å². The van der Waals surface area contributed by atoms with E-state index in [-0.39, 0.29) is 0 Å². The molecule has 5 nitrogen and oxygen atoms in total. The number of quaternary nitrogens is 1. The Morgan fingerprint density at radius 1 is 1.53 bits per heavy atom. The molecular weight excluding hydrogens is 220 g/mol. The maximum atomic E-state index is 9.03. The molecule has 0 aromatic carbocycles. The number of methoxy groups -OCH3 is 1. The minimum Gasteiger partial charge on any atom is -0.553 e. The molecule has 17 heavy (non-hydrogen) atoms. The van der Waals surface area contributed by atoms with Crippen LogP contribution in [0.3, 0.4) is 0 Å². The summed E-state index contributed by atoms with van der Waals surface area (Å²) in [6.07, 6.45) is 5.70. The zero-order chi connectivity index (χ0) is 13.3. The molecule has 1 unspecified atom stereocenters. The van der Waals surface area contributed by atoms with Crippen LogP contribution in [0.25, 0.3) is 0 Å². The highest BCUT2D eigenvalue weighted by Gasteiger charge is 2.27. The predicted molar refractivity (Wildman–Crippen MR) is 64.8 cm³/mol. The van der Waals surface area contributed by atoms with Crippen LogP contribution in [0.4, 0.5) is 4.79 Å². The standard InChI is InChI=1S/C10H21N2.C2H4O3/c1-4-6-8-12(5-2)9-7-11(3)10-12;1-5-2(3)4/h7,9H,4-6,8,10H2,1-3H3;1H3,(H,3,4)/q+1;/p-1. The number of ether oxygens (including phenoxy) is 1. The molecular formula is C12H24N2O3. The first kappa shape index (κ1) is 15.8. The lowest BCUT2D eigenvalue weighted by Gasteiger charge is -2.31. The van der Waals surface area contributed by atoms with Crippen molar-refractivity contribution in [2.24, 2.45) is 0 Å². The van der Waals surface area contributed by atoms with Crippen molar-refractivity contribution in [3.05, 3.63) is 12.4 Å². The van der Waals surface area contributed by atoms with E-state index in [4.69, 9.17) is 9.90 Å². The van der Waals surface area contributed by atoms with Gasteiger partial charge in [-0.05, 0) is 13.3 Å². The second-order valence-electron chi connectivity index (χ2n) is 4.26. The van der Waals surface area contributed by atoms with E-state index in [1.54, 1.807) is 0 Å². The minimum absolute atomic E-state index is 1.04. The molecule has 0 N–H and O–H groups in total. The number of carbonyl (C=O) groups is 1. The second kappa shape index (κ2) is 7.95. The first-order valence-electron chi connectivity index (χ1n) is 6.00. The molecule has 1 atom stereocenters. The molecule has 1 aliphatic rings. The van der Waals surface area contributed by atoms with Crippen molar-refractivity contribution in [3.63, 3.8) is 0 Å². The van der Waals surface area contributed by atoms with E-state index >= 15 is 0 Å². The third-order valence-corrected chi connectivity index (χ3v) is 2.90. The molecule has 0 amide bonds. The Kier molecular flexibility index (Phi) is 7.37. The lowest BCUT2D eigenvalue weighted by Crippen LogP contribution is -2.44. The molecule has 0 saturated heterocycles. The summed E-state index contributed by atoms with van der Waals surface area (Å²) in [6, 6.07) is 0. The van der Waals surface area contributed by atoms with Crippen molar-refractivity contribution in [2.75, 3.05) is 33.9 Å². The maximum Gasteiger partial charge on any atom is 0.251 e. The van der Waals surface area contributed by atoms with E-state index in [1.807, 2.05) is 0 Å². The maximum absolute atomic E-state index is 9.03. The first-order chi connectivity index (χ1) is 7.99. The lowest BCUT2D eigenvalue weighted by atomic mass is 10.3. The largest absolute Gasteiger partial charge is 0.553 e. The highest BCUT2D eigenvalue weighted by atomic mass is 16.6. The second-order valence-corrected chi connectivity index (χ2v) is 4.26. The molecule has 0 aromatic rings. The van der Waals surface area contributed by atoms with Crippen LogP contribution in [0.2, 0.25) is 0 Å². The van der Waals surface area contributed by atoms with Gasteiger partial charge in [0.25, 0.3) is 6.16 Å². The van der Waals surface area contributed by atoms with Crippen molar-refractivity contribution < 1.29 is 19.1 Å². The van der Waals surface area contributed by atoms with E-state index < -0.39 is 6.16 Å². The van der Waals surface area contributed by atoms with E-state index in [1.165, 1.54) is 25.9 Å². The molecule has 0 aliphatic carbocycles. The topological polar surface area (TPSA) is 52.6 Å². The summed E-state index contributed by atoms with van der Waals surface area (Å²) in [6.45, 7) is 8.22. The predicted octanol–water partition coefficient (Wildman–Crippen LogP) is 0.973. The summed E-state index contributed by atoms with van der Waals surface area (Å²) in [4.78, 5) is 11.3. The summed E-state index contributed by atoms with van der Waals surface area (Å²) in [5.41, 5.74) is 0. The molecule has 0 fully saturated rings. The van der Waals surface area contributed by atoms with Crippen molar-refractivity contribution in [1.29, 1.82) is 0 Å². The Morgan fingerprint density at radius 2 is 2.12 bits per heavy atom. The number of hydrogen-bond donors (Lipinski definition) is 0. The van der Waals surface area contributed by atoms with Crippen LogP contribution in [0, 0.1) is 0 Å². The molecule has 0 aromatic heterocycles. The first-order valence-corrected chi connectivity index (χ1v) is 6.00. The van der Waals surface area contributed by atoms with Crippen LogP contribution >= 0.6 is 0 Å². The summed E-state index contributed by atoms with van der Waals surface area (Å²) in [5.74, 6) is 0. The van der Waals surface area contributed by atoms with E-state index in [2.05, 4.69) is 42.9 Å². The van der Waals surface area contributed by atoms with Crippen LogP contribution in [-0.2, 0) is 4.74 Å². The fraction of sp³-hybridized carbons (Fsp3) is 0.750. The Balaban J connectivity index is 0.000000437. The molecule has 0 spiro atoms. The Labute approximate surface area is 104 Å². The Hall–Kier alpha value is -1.23. The average Bonchev–Trinajstić information content (AvgIpc) is 2.70. The molecule has 5 heteroatoms. The van der Waals surface area contributed by atoms with Gasteiger partial charge in [-0.15, -0.1) is 0 Å². The zero-order valence-electron chi connectivity index (χ0n) is 11.3. The molecule has 1 heterocycles. The van der Waals surface area contributed by atoms with Crippen molar-refractivity contribution >= 4 is 6.16 Å². The molecule has 0 bridgehead atoms.